The Balaban J connectivity index is 1.66. The molecule has 0 aromatic carbocycles. The predicted octanol–water partition coefficient (Wildman–Crippen LogP) is 0.797. The van der Waals surface area contributed by atoms with Gasteiger partial charge in [-0.1, -0.05) is 6.42 Å². The Morgan fingerprint density at radius 3 is 3.25 bits per heavy atom. The standard InChI is InChI=1S/C10H16N2O3S/c13-8(14)4-2-1-3-7-9-6(5-16-7)11-10(15)12-9/h6-7,9H,1-5H2,(H,13,14)(H2,11,12,15)/t6-,7-,9-/m0/s1/i/hD. The van der Waals surface area contributed by atoms with Crippen LogP contribution in [0, 0.1) is 0 Å². The van der Waals surface area contributed by atoms with E-state index in [4.69, 9.17) is 1.43 Å². The second-order valence-electron chi connectivity index (χ2n) is 4.24. The summed E-state index contributed by atoms with van der Waals surface area (Å²) in [7, 11) is 0. The molecule has 2 aliphatic rings. The number of unbranched alkanes of at least 4 members (excludes halogenated alkanes) is 1. The Bertz CT molecular complexity index is 316. The minimum Gasteiger partial charge on any atom is -0.481 e. The lowest BCUT2D eigenvalue weighted by Gasteiger charge is -2.16. The lowest BCUT2D eigenvalue weighted by Crippen LogP contribution is -2.36. The monoisotopic (exact) mass is 245 g/mol. The molecule has 2 rings (SSSR count). The number of amides is 2. The fraction of sp³-hybridized carbons (Fsp3) is 0.800. The van der Waals surface area contributed by atoms with E-state index in [0.29, 0.717) is 11.7 Å². The molecule has 0 aliphatic carbocycles. The van der Waals surface area contributed by atoms with E-state index in [2.05, 4.69) is 15.7 Å². The van der Waals surface area contributed by atoms with Gasteiger partial charge in [0.1, 0.15) is 0 Å². The van der Waals surface area contributed by atoms with E-state index in [-0.39, 0.29) is 18.1 Å². The van der Waals surface area contributed by atoms with Crippen LogP contribution in [-0.2, 0) is 4.79 Å². The number of thioether (sulfide) groups is 1. The molecule has 3 N–H and O–H groups in total. The van der Waals surface area contributed by atoms with Gasteiger partial charge in [-0.25, -0.2) is 4.79 Å². The molecule has 2 amide bonds. The summed E-state index contributed by atoms with van der Waals surface area (Å²) in [6.07, 6.45) is 2.96. The van der Waals surface area contributed by atoms with Crippen LogP contribution in [0.15, 0.2) is 0 Å². The van der Waals surface area contributed by atoms with Gasteiger partial charge < -0.3 is 15.7 Å². The van der Waals surface area contributed by atoms with Gasteiger partial charge in [-0.2, -0.15) is 11.8 Å². The molecule has 16 heavy (non-hydrogen) atoms. The highest BCUT2D eigenvalue weighted by molar-refractivity contribution is 8.00. The molecule has 0 spiro atoms. The van der Waals surface area contributed by atoms with Crippen LogP contribution in [0.2, 0.25) is 0 Å². The van der Waals surface area contributed by atoms with Crippen molar-refractivity contribution in [1.29, 1.82) is 1.43 Å². The quantitative estimate of drug-likeness (QED) is 0.494. The molecule has 2 aliphatic heterocycles. The summed E-state index contributed by atoms with van der Waals surface area (Å²) >= 11 is 1.87. The molecule has 6 heteroatoms. The summed E-state index contributed by atoms with van der Waals surface area (Å²) in [6, 6.07) is 0.425. The van der Waals surface area contributed by atoms with Crippen molar-refractivity contribution in [1.82, 2.24) is 10.6 Å². The first-order valence-corrected chi connectivity index (χ1v) is 6.60. The maximum atomic E-state index is 11.1. The third kappa shape index (κ3) is 2.61. The summed E-state index contributed by atoms with van der Waals surface area (Å²) in [4.78, 5) is 21.9. The Hall–Kier alpha value is -0.910. The summed E-state index contributed by atoms with van der Waals surface area (Å²) in [5, 5.41) is 10.1. The fourth-order valence-corrected chi connectivity index (χ4v) is 3.80. The number of rotatable bonds is 5. The Kier molecular flexibility index (Phi) is 3.17. The third-order valence-electron chi connectivity index (χ3n) is 3.06. The average Bonchev–Trinajstić information content (AvgIpc) is 2.84. The smallest absolute Gasteiger partial charge is 0.315 e. The van der Waals surface area contributed by atoms with Gasteiger partial charge in [0, 0.05) is 17.4 Å². The number of urea groups is 1. The van der Waals surface area contributed by atoms with Crippen LogP contribution in [0.3, 0.4) is 0 Å². The van der Waals surface area contributed by atoms with Crippen LogP contribution in [0.25, 0.3) is 1.43 Å². The van der Waals surface area contributed by atoms with Gasteiger partial charge >= 0.3 is 12.0 Å². The number of carbonyl (C=O) groups excluding carboxylic acids is 1. The first kappa shape index (κ1) is 10.3. The maximum absolute atomic E-state index is 11.1. The Morgan fingerprint density at radius 2 is 2.44 bits per heavy atom. The minimum atomic E-state index is -0.474. The van der Waals surface area contributed by atoms with E-state index in [0.717, 1.165) is 25.0 Å². The highest BCUT2D eigenvalue weighted by Crippen LogP contribution is 2.33. The van der Waals surface area contributed by atoms with Crippen LogP contribution in [0.1, 0.15) is 25.7 Å². The van der Waals surface area contributed by atoms with E-state index in [1.165, 1.54) is 0 Å². The van der Waals surface area contributed by atoms with E-state index >= 15 is 0 Å². The van der Waals surface area contributed by atoms with Crippen molar-refractivity contribution >= 4 is 23.8 Å². The first-order chi connectivity index (χ1) is 8.20. The molecule has 2 saturated heterocycles. The molecular formula is C10H16N2O3S. The molecule has 0 aromatic rings. The summed E-state index contributed by atoms with van der Waals surface area (Å²) in [5.74, 6) is 0.487. The second-order valence-corrected chi connectivity index (χ2v) is 5.51. The van der Waals surface area contributed by atoms with Gasteiger partial charge in [0.2, 0.25) is 0 Å². The molecule has 0 bridgehead atoms. The largest absolute Gasteiger partial charge is 0.481 e. The zero-order valence-electron chi connectivity index (χ0n) is 9.90. The molecular weight excluding hydrogens is 228 g/mol. The topological polar surface area (TPSA) is 78.4 Å². The molecule has 0 unspecified atom stereocenters. The van der Waals surface area contributed by atoms with Crippen molar-refractivity contribution in [2.24, 2.45) is 0 Å². The Morgan fingerprint density at radius 1 is 1.56 bits per heavy atom. The lowest BCUT2D eigenvalue weighted by molar-refractivity contribution is -0.137. The van der Waals surface area contributed by atoms with Crippen molar-refractivity contribution in [2.45, 2.75) is 43.0 Å². The van der Waals surface area contributed by atoms with Crippen molar-refractivity contribution in [3.63, 3.8) is 0 Å². The van der Waals surface area contributed by atoms with Crippen molar-refractivity contribution in [2.75, 3.05) is 5.75 Å². The molecule has 90 valence electrons. The number of aliphatic carboxylic acids is 1. The van der Waals surface area contributed by atoms with E-state index in [9.17, 15) is 9.59 Å². The fourth-order valence-electron chi connectivity index (χ4n) is 2.26. The summed E-state index contributed by atoms with van der Waals surface area (Å²) < 4.78 is 6.42. The second kappa shape index (κ2) is 4.95. The van der Waals surface area contributed by atoms with Crippen molar-refractivity contribution in [3.8, 4) is 0 Å². The van der Waals surface area contributed by atoms with Crippen LogP contribution >= 0.6 is 11.8 Å². The Labute approximate surface area is 99.8 Å². The molecule has 3 atom stereocenters. The average molecular weight is 245 g/mol. The van der Waals surface area contributed by atoms with Crippen molar-refractivity contribution < 1.29 is 14.7 Å². The van der Waals surface area contributed by atoms with Crippen LogP contribution in [0.4, 0.5) is 4.79 Å². The number of carboxylic acids is 1. The van der Waals surface area contributed by atoms with Crippen LogP contribution in [0.5, 0.6) is 0 Å². The zero-order chi connectivity index (χ0) is 12.3. The predicted molar refractivity (Wildman–Crippen MR) is 61.6 cm³/mol. The number of carboxylic acid groups (broad SMARTS) is 1. The highest BCUT2D eigenvalue weighted by Gasteiger charge is 2.42. The molecule has 2 fully saturated rings. The first-order valence-electron chi connectivity index (χ1n) is 5.96. The van der Waals surface area contributed by atoms with Crippen molar-refractivity contribution in [3.05, 3.63) is 0 Å². The molecule has 5 nitrogen and oxygen atoms in total. The lowest BCUT2D eigenvalue weighted by atomic mass is 10.0. The molecule has 0 aromatic heterocycles. The molecule has 2 heterocycles. The van der Waals surface area contributed by atoms with E-state index in [1.54, 1.807) is 0 Å². The summed E-state index contributed by atoms with van der Waals surface area (Å²) in [5.41, 5.74) is 0. The molecule has 0 saturated carbocycles. The van der Waals surface area contributed by atoms with Gasteiger partial charge in [0.15, 0.2) is 0 Å². The number of hydrogen-bond donors (Lipinski definition) is 3. The zero-order valence-corrected chi connectivity index (χ0v) is 9.72. The third-order valence-corrected chi connectivity index (χ3v) is 4.57. The SMILES string of the molecule is [2H]OC(=O)CCCC[C@@H]1SC[C@@H]2NC(=O)N[C@@H]21. The van der Waals surface area contributed by atoms with E-state index < -0.39 is 5.97 Å². The normalized spacial score (nSPS) is 32.6. The number of carbonyl (C=O) groups is 2. The van der Waals surface area contributed by atoms with E-state index in [1.807, 2.05) is 11.8 Å². The maximum Gasteiger partial charge on any atom is 0.315 e. The van der Waals surface area contributed by atoms with Crippen LogP contribution in [-0.4, -0.2) is 40.2 Å². The summed E-state index contributed by atoms with van der Waals surface area (Å²) in [6.45, 7) is 0. The van der Waals surface area contributed by atoms with Gasteiger partial charge in [-0.05, 0) is 12.8 Å². The number of nitrogens with one attached hydrogen (secondary N) is 2. The van der Waals surface area contributed by atoms with Gasteiger partial charge in [-0.15, -0.1) is 0 Å². The van der Waals surface area contributed by atoms with Gasteiger partial charge in [-0.3, -0.25) is 4.79 Å². The van der Waals surface area contributed by atoms with Crippen LogP contribution < -0.4 is 10.6 Å². The van der Waals surface area contributed by atoms with Gasteiger partial charge in [0.25, 0.3) is 1.43 Å². The van der Waals surface area contributed by atoms with Gasteiger partial charge in [0.05, 0.1) is 12.1 Å². The number of fused-ring (bicyclic) bond motifs is 1. The highest BCUT2D eigenvalue weighted by atomic mass is 32.2. The molecule has 0 radical (unpaired) electrons. The number of hydrogen-bond acceptors (Lipinski definition) is 4. The minimum absolute atomic E-state index is 0.0666.